The van der Waals surface area contributed by atoms with E-state index in [0.29, 0.717) is 12.8 Å². The first kappa shape index (κ1) is 17.2. The zero-order chi connectivity index (χ0) is 16.0. The second-order valence-corrected chi connectivity index (χ2v) is 5.47. The van der Waals surface area contributed by atoms with E-state index in [4.69, 9.17) is 0 Å². The van der Waals surface area contributed by atoms with Crippen LogP contribution >= 0.6 is 0 Å². The number of carboxylic acid groups (broad SMARTS) is 1. The third-order valence-corrected chi connectivity index (χ3v) is 3.78. The van der Waals surface area contributed by atoms with Crippen molar-refractivity contribution in [2.75, 3.05) is 13.6 Å². The Morgan fingerprint density at radius 1 is 1.33 bits per heavy atom. The molecule has 2 amide bonds. The minimum absolute atomic E-state index is 0.147. The molecule has 0 aromatic rings. The van der Waals surface area contributed by atoms with Gasteiger partial charge in [0.2, 0.25) is 11.8 Å². The highest BCUT2D eigenvalue weighted by atomic mass is 16.4. The monoisotopic (exact) mass is 296 g/mol. The van der Waals surface area contributed by atoms with Crippen molar-refractivity contribution < 1.29 is 19.5 Å². The molecule has 0 saturated carbocycles. The van der Waals surface area contributed by atoms with Crippen LogP contribution in [0.15, 0.2) is 11.6 Å². The standard InChI is InChI=1S/C15H24N2O4/c1-4-5-10(2)8-13(18)17-9-11(14(19)16-3)6-7-12(17)15(20)21/h8,11-12H,4-7,9H2,1-3H3,(H,16,19)(H,20,21)/b10-8+/t11-,12-/m0/s1. The van der Waals surface area contributed by atoms with Crippen molar-refractivity contribution in [3.63, 3.8) is 0 Å². The van der Waals surface area contributed by atoms with E-state index in [-0.39, 0.29) is 24.3 Å². The fourth-order valence-electron chi connectivity index (χ4n) is 2.65. The number of amides is 2. The van der Waals surface area contributed by atoms with Crippen LogP contribution in [0.3, 0.4) is 0 Å². The summed E-state index contributed by atoms with van der Waals surface area (Å²) in [5.41, 5.74) is 0.925. The molecule has 0 aliphatic carbocycles. The Balaban J connectivity index is 2.89. The second kappa shape index (κ2) is 7.81. The molecule has 0 unspecified atom stereocenters. The molecule has 1 fully saturated rings. The van der Waals surface area contributed by atoms with E-state index >= 15 is 0 Å². The minimum atomic E-state index is -1.01. The van der Waals surface area contributed by atoms with Crippen LogP contribution in [0, 0.1) is 5.92 Å². The van der Waals surface area contributed by atoms with Crippen LogP contribution in [-0.2, 0) is 14.4 Å². The molecular formula is C15H24N2O4. The molecule has 1 aliphatic heterocycles. The number of likely N-dealkylation sites (tertiary alicyclic amines) is 1. The summed E-state index contributed by atoms with van der Waals surface area (Å²) in [5, 5.41) is 11.8. The maximum absolute atomic E-state index is 12.3. The molecule has 6 heteroatoms. The third-order valence-electron chi connectivity index (χ3n) is 3.78. The summed E-state index contributed by atoms with van der Waals surface area (Å²) in [6.07, 6.45) is 4.01. The van der Waals surface area contributed by atoms with Gasteiger partial charge in [0.15, 0.2) is 0 Å². The van der Waals surface area contributed by atoms with Crippen LogP contribution in [-0.4, -0.2) is 47.4 Å². The van der Waals surface area contributed by atoms with Crippen LogP contribution in [0.2, 0.25) is 0 Å². The Labute approximate surface area is 125 Å². The number of hydrogen-bond acceptors (Lipinski definition) is 3. The topological polar surface area (TPSA) is 86.7 Å². The molecule has 2 N–H and O–H groups in total. The van der Waals surface area contributed by atoms with E-state index in [1.807, 2.05) is 13.8 Å². The van der Waals surface area contributed by atoms with Gasteiger partial charge < -0.3 is 15.3 Å². The molecule has 0 spiro atoms. The maximum atomic E-state index is 12.3. The third kappa shape index (κ3) is 4.58. The fraction of sp³-hybridized carbons (Fsp3) is 0.667. The Kier molecular flexibility index (Phi) is 6.39. The summed E-state index contributed by atoms with van der Waals surface area (Å²) in [6, 6.07) is -0.843. The van der Waals surface area contributed by atoms with Crippen LogP contribution in [0.25, 0.3) is 0 Å². The molecule has 1 rings (SSSR count). The van der Waals surface area contributed by atoms with Gasteiger partial charge in [-0.15, -0.1) is 0 Å². The van der Waals surface area contributed by atoms with Gasteiger partial charge in [0, 0.05) is 19.7 Å². The Bertz CT molecular complexity index is 445. The normalized spacial score (nSPS) is 22.8. The summed E-state index contributed by atoms with van der Waals surface area (Å²) in [6.45, 7) is 4.03. The van der Waals surface area contributed by atoms with Crippen LogP contribution in [0.1, 0.15) is 39.5 Å². The van der Waals surface area contributed by atoms with Crippen molar-refractivity contribution in [3.05, 3.63) is 11.6 Å². The summed E-state index contributed by atoms with van der Waals surface area (Å²) in [5.74, 6) is -1.82. The van der Waals surface area contributed by atoms with E-state index in [0.717, 1.165) is 18.4 Å². The zero-order valence-electron chi connectivity index (χ0n) is 12.9. The Hall–Kier alpha value is -1.85. The molecule has 0 aromatic heterocycles. The van der Waals surface area contributed by atoms with E-state index < -0.39 is 12.0 Å². The quantitative estimate of drug-likeness (QED) is 0.746. The SMILES string of the molecule is CCC/C(C)=C/C(=O)N1C[C@@H](C(=O)NC)CC[C@H]1C(=O)O. The molecule has 2 atom stereocenters. The van der Waals surface area contributed by atoms with Crippen LogP contribution in [0.4, 0.5) is 0 Å². The van der Waals surface area contributed by atoms with Gasteiger partial charge in [-0.3, -0.25) is 9.59 Å². The van der Waals surface area contributed by atoms with E-state index in [1.54, 1.807) is 7.05 Å². The lowest BCUT2D eigenvalue weighted by atomic mass is 9.91. The van der Waals surface area contributed by atoms with Gasteiger partial charge in [0.05, 0.1) is 5.92 Å². The van der Waals surface area contributed by atoms with Gasteiger partial charge >= 0.3 is 5.97 Å². The summed E-state index contributed by atoms with van der Waals surface area (Å²) >= 11 is 0. The summed E-state index contributed by atoms with van der Waals surface area (Å²) in [7, 11) is 1.54. The van der Waals surface area contributed by atoms with Crippen LogP contribution < -0.4 is 5.32 Å². The number of nitrogens with one attached hydrogen (secondary N) is 1. The molecular weight excluding hydrogens is 272 g/mol. The van der Waals surface area contributed by atoms with Crippen molar-refractivity contribution in [3.8, 4) is 0 Å². The zero-order valence-corrected chi connectivity index (χ0v) is 12.9. The highest BCUT2D eigenvalue weighted by molar-refractivity contribution is 5.92. The molecule has 6 nitrogen and oxygen atoms in total. The number of aliphatic carboxylic acids is 1. The largest absolute Gasteiger partial charge is 0.480 e. The Morgan fingerprint density at radius 2 is 2.00 bits per heavy atom. The Morgan fingerprint density at radius 3 is 2.52 bits per heavy atom. The first-order valence-electron chi connectivity index (χ1n) is 7.32. The van der Waals surface area contributed by atoms with Gasteiger partial charge in [-0.2, -0.15) is 0 Å². The molecule has 0 aromatic carbocycles. The first-order chi connectivity index (χ1) is 9.90. The average molecular weight is 296 g/mol. The smallest absolute Gasteiger partial charge is 0.326 e. The lowest BCUT2D eigenvalue weighted by Gasteiger charge is -2.36. The van der Waals surface area contributed by atoms with Crippen LogP contribution in [0.5, 0.6) is 0 Å². The molecule has 1 aliphatic rings. The second-order valence-electron chi connectivity index (χ2n) is 5.47. The van der Waals surface area contributed by atoms with Gasteiger partial charge in [-0.1, -0.05) is 18.9 Å². The van der Waals surface area contributed by atoms with E-state index in [2.05, 4.69) is 5.32 Å². The van der Waals surface area contributed by atoms with Crippen molar-refractivity contribution in [1.29, 1.82) is 0 Å². The molecule has 0 radical (unpaired) electrons. The number of allylic oxidation sites excluding steroid dienone is 1. The molecule has 1 heterocycles. The van der Waals surface area contributed by atoms with E-state index in [1.165, 1.54) is 11.0 Å². The predicted octanol–water partition coefficient (Wildman–Crippen LogP) is 1.17. The number of nitrogens with zero attached hydrogens (tertiary/aromatic N) is 1. The number of carbonyl (C=O) groups excluding carboxylic acids is 2. The molecule has 0 bridgehead atoms. The molecule has 1 saturated heterocycles. The van der Waals surface area contributed by atoms with Gasteiger partial charge in [0.1, 0.15) is 6.04 Å². The predicted molar refractivity (Wildman–Crippen MR) is 78.6 cm³/mol. The van der Waals surface area contributed by atoms with Crippen molar-refractivity contribution in [2.45, 2.75) is 45.6 Å². The maximum Gasteiger partial charge on any atom is 0.326 e. The highest BCUT2D eigenvalue weighted by Crippen LogP contribution is 2.23. The number of piperidine rings is 1. The van der Waals surface area contributed by atoms with E-state index in [9.17, 15) is 19.5 Å². The number of hydrogen-bond donors (Lipinski definition) is 2. The molecule has 118 valence electrons. The first-order valence-corrected chi connectivity index (χ1v) is 7.32. The molecule has 21 heavy (non-hydrogen) atoms. The number of carbonyl (C=O) groups is 3. The number of rotatable bonds is 5. The van der Waals surface area contributed by atoms with Crippen molar-refractivity contribution in [2.24, 2.45) is 5.92 Å². The minimum Gasteiger partial charge on any atom is -0.480 e. The summed E-state index contributed by atoms with van der Waals surface area (Å²) in [4.78, 5) is 36.7. The van der Waals surface area contributed by atoms with Gasteiger partial charge in [0.25, 0.3) is 0 Å². The van der Waals surface area contributed by atoms with Gasteiger partial charge in [-0.25, -0.2) is 4.79 Å². The lowest BCUT2D eigenvalue weighted by molar-refractivity contribution is -0.152. The van der Waals surface area contributed by atoms with Crippen molar-refractivity contribution >= 4 is 17.8 Å². The fourth-order valence-corrected chi connectivity index (χ4v) is 2.65. The highest BCUT2D eigenvalue weighted by Gasteiger charge is 2.37. The lowest BCUT2D eigenvalue weighted by Crippen LogP contribution is -2.52. The average Bonchev–Trinajstić information content (AvgIpc) is 2.45. The van der Waals surface area contributed by atoms with Crippen molar-refractivity contribution in [1.82, 2.24) is 10.2 Å². The van der Waals surface area contributed by atoms with Gasteiger partial charge in [-0.05, 0) is 26.2 Å². The number of carboxylic acids is 1. The summed E-state index contributed by atoms with van der Waals surface area (Å²) < 4.78 is 0.